The van der Waals surface area contributed by atoms with E-state index in [1.54, 1.807) is 18.1 Å². The van der Waals surface area contributed by atoms with Crippen LogP contribution in [0.25, 0.3) is 22.3 Å². The van der Waals surface area contributed by atoms with Crippen molar-refractivity contribution >= 4 is 45.3 Å². The van der Waals surface area contributed by atoms with Crippen molar-refractivity contribution in [1.82, 2.24) is 68.2 Å². The van der Waals surface area contributed by atoms with Gasteiger partial charge in [-0.15, -0.1) is 0 Å². The van der Waals surface area contributed by atoms with Crippen LogP contribution in [-0.4, -0.2) is 119 Å². The number of halogens is 2. The van der Waals surface area contributed by atoms with E-state index >= 15 is 0 Å². The second-order valence-corrected chi connectivity index (χ2v) is 18.2. The number of aromatic nitrogens is 12. The predicted octanol–water partition coefficient (Wildman–Crippen LogP) is 6.97. The fraction of sp³-hybridized carbons (Fsp3) is 0.280. The summed E-state index contributed by atoms with van der Waals surface area (Å²) in [4.78, 5) is 21.6. The van der Waals surface area contributed by atoms with Crippen LogP contribution in [-0.2, 0) is 13.1 Å². The molecule has 20 nitrogen and oxygen atoms in total. The number of nitrogens with one attached hydrogen (secondary N) is 2. The Morgan fingerprint density at radius 3 is 1.39 bits per heavy atom. The number of nitrogens with zero attached hydrogens (tertiary/aromatic N) is 14. The molecule has 12 rings (SSSR count). The number of aryl methyl sites for hydroxylation is 2. The van der Waals surface area contributed by atoms with Crippen LogP contribution in [0.2, 0.25) is 0 Å². The fourth-order valence-electron chi connectivity index (χ4n) is 9.15. The number of hydrogen-bond donors (Lipinski definition) is 4. The van der Waals surface area contributed by atoms with E-state index in [1.807, 2.05) is 111 Å². The largest absolute Gasteiger partial charge is 0.457 e. The topological polar surface area (TPSA) is 222 Å². The maximum atomic E-state index is 14.2. The van der Waals surface area contributed by atoms with E-state index in [4.69, 9.17) is 20.9 Å². The first-order chi connectivity index (χ1) is 35.1. The van der Waals surface area contributed by atoms with Gasteiger partial charge >= 0.3 is 0 Å². The van der Waals surface area contributed by atoms with Crippen molar-refractivity contribution in [1.29, 1.82) is 0 Å². The van der Waals surface area contributed by atoms with Gasteiger partial charge in [-0.3, -0.25) is 9.80 Å². The summed E-state index contributed by atoms with van der Waals surface area (Å²) in [6, 6.07) is 22.4. The van der Waals surface area contributed by atoms with Gasteiger partial charge in [0.05, 0.1) is 0 Å². The van der Waals surface area contributed by atoms with Crippen LogP contribution in [0.3, 0.4) is 0 Å². The fourth-order valence-corrected chi connectivity index (χ4v) is 9.15. The Kier molecular flexibility index (Phi) is 12.8. The first-order valence-corrected chi connectivity index (χ1v) is 23.6. The van der Waals surface area contributed by atoms with Crippen LogP contribution in [0.5, 0.6) is 23.0 Å². The molecule has 2 aromatic carbocycles. The van der Waals surface area contributed by atoms with Gasteiger partial charge in [-0.25, -0.2) is 46.8 Å². The Labute approximate surface area is 411 Å². The highest BCUT2D eigenvalue weighted by atomic mass is 19.1. The molecule has 2 saturated heterocycles. The highest BCUT2D eigenvalue weighted by Crippen LogP contribution is 2.33. The molecule has 0 bridgehead atoms. The van der Waals surface area contributed by atoms with Crippen molar-refractivity contribution in [3.63, 3.8) is 0 Å². The number of anilines is 4. The van der Waals surface area contributed by atoms with E-state index in [2.05, 4.69) is 60.8 Å². The molecule has 22 heteroatoms. The normalized spacial score (nSPS) is 18.6. The molecule has 2 aliphatic heterocycles. The number of ether oxygens (including phenoxy) is 2. The molecule has 2 aliphatic rings. The zero-order valence-electron chi connectivity index (χ0n) is 39.5. The van der Waals surface area contributed by atoms with Gasteiger partial charge in [-0.1, -0.05) is 0 Å². The minimum Gasteiger partial charge on any atom is -0.457 e. The van der Waals surface area contributed by atoms with Gasteiger partial charge in [0, 0.05) is 99.6 Å². The quantitative estimate of drug-likeness (QED) is 0.0970. The van der Waals surface area contributed by atoms with E-state index in [0.717, 1.165) is 69.3 Å². The van der Waals surface area contributed by atoms with Gasteiger partial charge in [0.25, 0.3) is 0 Å². The Hall–Kier alpha value is -8.18. The molecule has 0 radical (unpaired) electrons. The molecule has 0 unspecified atom stereocenters. The minimum atomic E-state index is -1.01. The average Bonchev–Trinajstić information content (AvgIpc) is 4.21. The van der Waals surface area contributed by atoms with Crippen LogP contribution in [0, 0.1) is 13.8 Å². The van der Waals surface area contributed by atoms with Crippen LogP contribution in [0.1, 0.15) is 35.1 Å². The molecule has 0 spiro atoms. The maximum absolute atomic E-state index is 14.2. The van der Waals surface area contributed by atoms with Crippen molar-refractivity contribution in [3.05, 3.63) is 145 Å². The van der Waals surface area contributed by atoms with Gasteiger partial charge in [0.2, 0.25) is 0 Å². The number of piperidine rings is 2. The van der Waals surface area contributed by atoms with Gasteiger partial charge in [-0.2, -0.15) is 20.4 Å². The number of fused-ring (bicyclic) bond motifs is 4. The molecule has 0 saturated carbocycles. The Morgan fingerprint density at radius 2 is 0.958 bits per heavy atom. The molecular weight excluding hydrogens is 923 g/mol. The van der Waals surface area contributed by atoms with Crippen LogP contribution in [0.15, 0.2) is 123 Å². The van der Waals surface area contributed by atoms with Gasteiger partial charge in [0.1, 0.15) is 71.7 Å². The van der Waals surface area contributed by atoms with Crippen LogP contribution >= 0.6 is 0 Å². The van der Waals surface area contributed by atoms with Crippen molar-refractivity contribution in [3.8, 4) is 23.0 Å². The number of hydrogen-bond acceptors (Lipinski definition) is 16. The zero-order valence-corrected chi connectivity index (χ0v) is 39.5. The molecular formula is C50H52F2N18O2. The zero-order chi connectivity index (χ0) is 49.3. The second kappa shape index (κ2) is 19.9. The molecule has 368 valence electrons. The van der Waals surface area contributed by atoms with E-state index in [-0.39, 0.29) is 12.1 Å². The Bertz CT molecular complexity index is 3290. The summed E-state index contributed by atoms with van der Waals surface area (Å²) >= 11 is 0. The van der Waals surface area contributed by atoms with Crippen molar-refractivity contribution in [2.75, 3.05) is 36.8 Å². The number of pyridine rings is 2. The summed E-state index contributed by atoms with van der Waals surface area (Å²) in [6.07, 6.45) is 12.7. The number of benzene rings is 2. The summed E-state index contributed by atoms with van der Waals surface area (Å²) < 4.78 is 47.5. The molecule has 8 aromatic heterocycles. The number of alkyl halides is 2. The lowest BCUT2D eigenvalue weighted by Crippen LogP contribution is -2.48. The van der Waals surface area contributed by atoms with E-state index < -0.39 is 12.3 Å². The predicted molar refractivity (Wildman–Crippen MR) is 267 cm³/mol. The number of nitrogens with two attached hydrogens (primary N) is 2. The second-order valence-electron chi connectivity index (χ2n) is 18.2. The van der Waals surface area contributed by atoms with E-state index in [1.165, 1.54) is 25.3 Å². The molecule has 72 heavy (non-hydrogen) atoms. The first-order valence-electron chi connectivity index (χ1n) is 23.6. The van der Waals surface area contributed by atoms with Crippen molar-refractivity contribution < 1.29 is 18.3 Å². The summed E-state index contributed by atoms with van der Waals surface area (Å²) in [5.41, 5.74) is 20.6. The first kappa shape index (κ1) is 46.2. The van der Waals surface area contributed by atoms with Crippen LogP contribution < -0.4 is 31.6 Å². The Morgan fingerprint density at radius 1 is 0.542 bits per heavy atom. The molecule has 0 aliphatic carbocycles. The smallest absolute Gasteiger partial charge is 0.158 e. The summed E-state index contributed by atoms with van der Waals surface area (Å²) in [7, 11) is 0. The summed E-state index contributed by atoms with van der Waals surface area (Å²) in [5, 5.41) is 23.7. The number of rotatable bonds is 12. The van der Waals surface area contributed by atoms with Crippen LogP contribution in [0.4, 0.5) is 31.8 Å². The minimum absolute atomic E-state index is 0.333. The van der Waals surface area contributed by atoms with Crippen molar-refractivity contribution in [2.24, 2.45) is 11.5 Å². The molecule has 0 amide bonds. The van der Waals surface area contributed by atoms with Gasteiger partial charge < -0.3 is 31.6 Å². The third kappa shape index (κ3) is 9.92. The summed E-state index contributed by atoms with van der Waals surface area (Å²) in [5.74, 6) is 4.21. The van der Waals surface area contributed by atoms with Gasteiger partial charge in [0.15, 0.2) is 22.9 Å². The maximum Gasteiger partial charge on any atom is 0.158 e. The van der Waals surface area contributed by atoms with E-state index in [0.29, 0.717) is 73.4 Å². The standard InChI is InChI=1S/2C25H26FN9O/c2*1-16-10-18(2-3-22(16)36-19-5-9-34-23(11-19)28-14-30-34)32-25-24-17(4-8-35(24)31-15-29-25)12-33-7-6-21(27)20(26)13-33/h2*2-5,8-11,14-15,20-21H,6-7,12-13,27H2,1H3,(H,29,31,32)/t20-,21+;20-,21-/m00/s1. The molecule has 6 N–H and O–H groups in total. The SMILES string of the molecule is Cc1cc(Nc2ncnn3ccc(CN4CC[C@@H](N)[C@@H](F)C4)c23)ccc1Oc1ccn2ncnc2c1.Cc1cc(Nc2ncnn3ccc(CN4CC[C@H](N)[C@@H](F)C4)c23)ccc1Oc1ccn2ncnc2c1. The lowest BCUT2D eigenvalue weighted by molar-refractivity contribution is 0.114. The molecule has 10 heterocycles. The summed E-state index contributed by atoms with van der Waals surface area (Å²) in [6.45, 7) is 7.38. The lowest BCUT2D eigenvalue weighted by atomic mass is 10.0. The average molecular weight is 975 g/mol. The van der Waals surface area contributed by atoms with E-state index in [9.17, 15) is 8.78 Å². The molecule has 4 atom stereocenters. The third-order valence-corrected chi connectivity index (χ3v) is 13.0. The monoisotopic (exact) mass is 974 g/mol. The lowest BCUT2D eigenvalue weighted by Gasteiger charge is -2.32. The highest BCUT2D eigenvalue weighted by molar-refractivity contribution is 5.78. The third-order valence-electron chi connectivity index (χ3n) is 13.0. The van der Waals surface area contributed by atoms with Gasteiger partial charge in [-0.05, 0) is 110 Å². The number of likely N-dealkylation sites (tertiary alicyclic amines) is 2. The highest BCUT2D eigenvalue weighted by Gasteiger charge is 2.28. The Balaban J connectivity index is 0.000000156. The van der Waals surface area contributed by atoms with Crippen molar-refractivity contribution in [2.45, 2.75) is 64.2 Å². The molecule has 10 aromatic rings. The molecule has 2 fully saturated rings.